The average molecular weight is 425 g/mol. The van der Waals surface area contributed by atoms with Gasteiger partial charge < -0.3 is 10.2 Å². The van der Waals surface area contributed by atoms with Crippen molar-refractivity contribution in [2.24, 2.45) is 0 Å². The number of aromatic nitrogens is 2. The zero-order valence-corrected chi connectivity index (χ0v) is 18.0. The van der Waals surface area contributed by atoms with E-state index >= 15 is 0 Å². The quantitative estimate of drug-likeness (QED) is 0.485. The van der Waals surface area contributed by atoms with Gasteiger partial charge in [0.1, 0.15) is 5.69 Å². The number of carbonyl (C=O) groups excluding carboxylic acids is 2. The zero-order chi connectivity index (χ0) is 22.5. The lowest BCUT2D eigenvalue weighted by atomic mass is 10.1. The Morgan fingerprint density at radius 2 is 1.62 bits per heavy atom. The summed E-state index contributed by atoms with van der Waals surface area (Å²) in [5, 5.41) is 7.68. The van der Waals surface area contributed by atoms with Crippen molar-refractivity contribution in [3.8, 4) is 16.9 Å². The first-order valence-electron chi connectivity index (χ1n) is 10.3. The largest absolute Gasteiger partial charge is 0.342 e. The minimum atomic E-state index is -0.247. The third-order valence-electron chi connectivity index (χ3n) is 5.17. The van der Waals surface area contributed by atoms with Gasteiger partial charge in [0, 0.05) is 38.0 Å². The highest BCUT2D eigenvalue weighted by Gasteiger charge is 2.19. The third-order valence-corrected chi connectivity index (χ3v) is 5.17. The number of hydrogen-bond donors (Lipinski definition) is 1. The molecule has 4 aromatic rings. The molecule has 160 valence electrons. The number of anilines is 1. The smallest absolute Gasteiger partial charge is 0.259 e. The van der Waals surface area contributed by atoms with Gasteiger partial charge >= 0.3 is 0 Å². The van der Waals surface area contributed by atoms with Crippen LogP contribution in [0.25, 0.3) is 16.9 Å². The molecule has 3 aromatic carbocycles. The standard InChI is InChI=1S/C26H24N4O2/c1-19(31)29(2)17-20-10-9-13-22(16-20)27-26(32)24-18-30(23-14-7-4-8-15-23)28-25(24)21-11-5-3-6-12-21/h3-16,18H,17H2,1-2H3,(H,27,32). The van der Waals surface area contributed by atoms with Gasteiger partial charge in [-0.3, -0.25) is 9.59 Å². The van der Waals surface area contributed by atoms with E-state index in [-0.39, 0.29) is 11.8 Å². The van der Waals surface area contributed by atoms with E-state index in [0.29, 0.717) is 23.5 Å². The predicted molar refractivity (Wildman–Crippen MR) is 126 cm³/mol. The number of amides is 2. The molecule has 32 heavy (non-hydrogen) atoms. The summed E-state index contributed by atoms with van der Waals surface area (Å²) in [6, 6.07) is 26.8. The van der Waals surface area contributed by atoms with Crippen LogP contribution in [0.2, 0.25) is 0 Å². The molecular weight excluding hydrogens is 400 g/mol. The molecule has 6 nitrogen and oxygen atoms in total. The summed E-state index contributed by atoms with van der Waals surface area (Å²) in [6.07, 6.45) is 1.75. The topological polar surface area (TPSA) is 67.2 Å². The van der Waals surface area contributed by atoms with Crippen LogP contribution in [0.3, 0.4) is 0 Å². The maximum absolute atomic E-state index is 13.3. The second-order valence-corrected chi connectivity index (χ2v) is 7.57. The van der Waals surface area contributed by atoms with Crippen LogP contribution in [0.15, 0.2) is 91.1 Å². The number of rotatable bonds is 6. The van der Waals surface area contributed by atoms with Gasteiger partial charge in [-0.25, -0.2) is 4.68 Å². The van der Waals surface area contributed by atoms with Crippen molar-refractivity contribution in [3.05, 3.63) is 102 Å². The van der Waals surface area contributed by atoms with Crippen molar-refractivity contribution in [1.82, 2.24) is 14.7 Å². The van der Waals surface area contributed by atoms with E-state index in [1.807, 2.05) is 84.9 Å². The molecule has 0 aliphatic heterocycles. The molecule has 4 rings (SSSR count). The molecule has 0 unspecified atom stereocenters. The third kappa shape index (κ3) is 4.75. The van der Waals surface area contributed by atoms with Gasteiger partial charge in [0.15, 0.2) is 0 Å². The molecule has 0 spiro atoms. The van der Waals surface area contributed by atoms with Crippen LogP contribution < -0.4 is 5.32 Å². The van der Waals surface area contributed by atoms with E-state index in [1.165, 1.54) is 6.92 Å². The van der Waals surface area contributed by atoms with Crippen LogP contribution >= 0.6 is 0 Å². The van der Waals surface area contributed by atoms with Crippen molar-refractivity contribution in [1.29, 1.82) is 0 Å². The summed E-state index contributed by atoms with van der Waals surface area (Å²) in [6.45, 7) is 2.00. The van der Waals surface area contributed by atoms with Gasteiger partial charge in [0.25, 0.3) is 5.91 Å². The van der Waals surface area contributed by atoms with Crippen LogP contribution in [0.4, 0.5) is 5.69 Å². The maximum atomic E-state index is 13.3. The molecule has 2 amide bonds. The molecule has 0 bridgehead atoms. The maximum Gasteiger partial charge on any atom is 0.259 e. The molecule has 0 atom stereocenters. The molecule has 1 N–H and O–H groups in total. The van der Waals surface area contributed by atoms with Crippen molar-refractivity contribution in [2.45, 2.75) is 13.5 Å². The molecule has 6 heteroatoms. The summed E-state index contributed by atoms with van der Waals surface area (Å²) < 4.78 is 1.72. The molecule has 1 heterocycles. The molecule has 0 aliphatic carbocycles. The molecule has 0 saturated heterocycles. The second kappa shape index (κ2) is 9.31. The highest BCUT2D eigenvalue weighted by Crippen LogP contribution is 2.25. The molecule has 0 fully saturated rings. The Morgan fingerprint density at radius 1 is 0.938 bits per heavy atom. The lowest BCUT2D eigenvalue weighted by Gasteiger charge is -2.15. The lowest BCUT2D eigenvalue weighted by molar-refractivity contribution is -0.128. The summed E-state index contributed by atoms with van der Waals surface area (Å²) in [5.74, 6) is -0.261. The summed E-state index contributed by atoms with van der Waals surface area (Å²) in [5.41, 5.74) is 4.42. The minimum absolute atomic E-state index is 0.0136. The molecule has 0 saturated carbocycles. The normalized spacial score (nSPS) is 10.6. The van der Waals surface area contributed by atoms with Crippen molar-refractivity contribution >= 4 is 17.5 Å². The number of benzene rings is 3. The fourth-order valence-electron chi connectivity index (χ4n) is 3.39. The SMILES string of the molecule is CC(=O)N(C)Cc1cccc(NC(=O)c2cn(-c3ccccc3)nc2-c2ccccc2)c1. The first-order valence-corrected chi connectivity index (χ1v) is 10.3. The highest BCUT2D eigenvalue weighted by atomic mass is 16.2. The molecule has 0 aliphatic rings. The van der Waals surface area contributed by atoms with Crippen LogP contribution in [-0.4, -0.2) is 33.5 Å². The lowest BCUT2D eigenvalue weighted by Crippen LogP contribution is -2.23. The first-order chi connectivity index (χ1) is 15.5. The number of nitrogens with one attached hydrogen (secondary N) is 1. The van der Waals surface area contributed by atoms with Crippen LogP contribution in [-0.2, 0) is 11.3 Å². The Balaban J connectivity index is 1.65. The predicted octanol–water partition coefficient (Wildman–Crippen LogP) is 4.77. The van der Waals surface area contributed by atoms with E-state index in [9.17, 15) is 9.59 Å². The van der Waals surface area contributed by atoms with Crippen molar-refractivity contribution in [2.75, 3.05) is 12.4 Å². The Bertz CT molecular complexity index is 1230. The average Bonchev–Trinajstić information content (AvgIpc) is 3.26. The number of carbonyl (C=O) groups is 2. The molecule has 1 aromatic heterocycles. The van der Waals surface area contributed by atoms with Crippen LogP contribution in [0.5, 0.6) is 0 Å². The number of para-hydroxylation sites is 1. The monoisotopic (exact) mass is 424 g/mol. The summed E-state index contributed by atoms with van der Waals surface area (Å²) >= 11 is 0. The van der Waals surface area contributed by atoms with Gasteiger partial charge in [-0.1, -0.05) is 60.7 Å². The van der Waals surface area contributed by atoms with E-state index < -0.39 is 0 Å². The van der Waals surface area contributed by atoms with Gasteiger partial charge in [-0.15, -0.1) is 0 Å². The molecule has 0 radical (unpaired) electrons. The second-order valence-electron chi connectivity index (χ2n) is 7.57. The van der Waals surface area contributed by atoms with Gasteiger partial charge in [0.2, 0.25) is 5.91 Å². The van der Waals surface area contributed by atoms with Crippen molar-refractivity contribution in [3.63, 3.8) is 0 Å². The van der Waals surface area contributed by atoms with Gasteiger partial charge in [-0.2, -0.15) is 5.10 Å². The van der Waals surface area contributed by atoms with E-state index in [2.05, 4.69) is 5.32 Å². The van der Waals surface area contributed by atoms with E-state index in [1.54, 1.807) is 22.8 Å². The Hall–Kier alpha value is -4.19. The Morgan fingerprint density at radius 3 is 2.31 bits per heavy atom. The number of nitrogens with zero attached hydrogens (tertiary/aromatic N) is 3. The fourth-order valence-corrected chi connectivity index (χ4v) is 3.39. The van der Waals surface area contributed by atoms with Gasteiger partial charge in [-0.05, 0) is 29.8 Å². The summed E-state index contributed by atoms with van der Waals surface area (Å²) in [7, 11) is 1.75. The summed E-state index contributed by atoms with van der Waals surface area (Å²) in [4.78, 5) is 26.4. The van der Waals surface area contributed by atoms with E-state index in [0.717, 1.165) is 16.8 Å². The van der Waals surface area contributed by atoms with Gasteiger partial charge in [0.05, 0.1) is 11.3 Å². The van der Waals surface area contributed by atoms with E-state index in [4.69, 9.17) is 5.10 Å². The number of hydrogen-bond acceptors (Lipinski definition) is 3. The Kier molecular flexibility index (Phi) is 6.12. The molecular formula is C26H24N4O2. The Labute approximate surface area is 187 Å². The minimum Gasteiger partial charge on any atom is -0.342 e. The van der Waals surface area contributed by atoms with Crippen molar-refractivity contribution < 1.29 is 9.59 Å². The highest BCUT2D eigenvalue weighted by molar-refractivity contribution is 6.08. The van der Waals surface area contributed by atoms with Crippen LogP contribution in [0.1, 0.15) is 22.8 Å². The zero-order valence-electron chi connectivity index (χ0n) is 18.0. The first kappa shape index (κ1) is 21.1. The van der Waals surface area contributed by atoms with Crippen LogP contribution in [0, 0.1) is 0 Å². The fraction of sp³-hybridized carbons (Fsp3) is 0.115.